The van der Waals surface area contributed by atoms with Crippen molar-refractivity contribution in [3.8, 4) is 0 Å². The monoisotopic (exact) mass is 281 g/mol. The van der Waals surface area contributed by atoms with Crippen LogP contribution in [0.5, 0.6) is 0 Å². The largest absolute Gasteiger partial charge is 0.378 e. The van der Waals surface area contributed by atoms with Gasteiger partial charge in [-0.15, -0.1) is 5.10 Å². The van der Waals surface area contributed by atoms with Crippen LogP contribution in [-0.4, -0.2) is 29.7 Å². The average molecular weight is 281 g/mol. The first-order valence-corrected chi connectivity index (χ1v) is 7.49. The number of rotatable bonds is 5. The predicted octanol–water partition coefficient (Wildman–Crippen LogP) is 0.799. The first-order chi connectivity index (χ1) is 8.94. The van der Waals surface area contributed by atoms with Crippen LogP contribution in [0.15, 0.2) is 30.5 Å². The predicted molar refractivity (Wildman–Crippen MR) is 73.2 cm³/mol. The summed E-state index contributed by atoms with van der Waals surface area (Å²) in [4.78, 5) is 0. The maximum atomic E-state index is 11.3. The third-order valence-corrected chi connectivity index (χ3v) is 2.92. The Morgan fingerprint density at radius 2 is 1.95 bits per heavy atom. The third-order valence-electron chi connectivity index (χ3n) is 2.33. The minimum absolute atomic E-state index is 0.469. The van der Waals surface area contributed by atoms with Gasteiger partial charge in [-0.3, -0.25) is 9.40 Å². The van der Waals surface area contributed by atoms with Crippen molar-refractivity contribution in [2.24, 2.45) is 7.05 Å². The van der Waals surface area contributed by atoms with Crippen LogP contribution in [0.25, 0.3) is 0 Å². The Kier molecular flexibility index (Phi) is 3.70. The van der Waals surface area contributed by atoms with E-state index in [0.29, 0.717) is 17.9 Å². The second-order valence-electron chi connectivity index (χ2n) is 4.16. The molecule has 1 aromatic heterocycles. The van der Waals surface area contributed by atoms with E-state index >= 15 is 0 Å². The summed E-state index contributed by atoms with van der Waals surface area (Å²) in [5.74, 6) is 0. The Hall–Kier alpha value is -2.09. The Balaban J connectivity index is 2.11. The summed E-state index contributed by atoms with van der Waals surface area (Å²) in [7, 11) is -1.51. The minimum atomic E-state index is -3.30. The van der Waals surface area contributed by atoms with Gasteiger partial charge in [0.15, 0.2) is 0 Å². The number of benzene rings is 1. The fourth-order valence-corrected chi connectivity index (χ4v) is 2.17. The molecule has 2 N–H and O–H groups in total. The summed E-state index contributed by atoms with van der Waals surface area (Å²) in [5, 5.41) is 10.9. The zero-order valence-corrected chi connectivity index (χ0v) is 11.5. The molecular formula is C11H15N5O2S. The molecule has 1 aromatic carbocycles. The first-order valence-electron chi connectivity index (χ1n) is 5.60. The van der Waals surface area contributed by atoms with Gasteiger partial charge in [0.1, 0.15) is 5.69 Å². The number of sulfonamides is 1. The molecular weight excluding hydrogens is 266 g/mol. The first kappa shape index (κ1) is 13.3. The zero-order chi connectivity index (χ0) is 13.9. The molecule has 0 radical (unpaired) electrons. The lowest BCUT2D eigenvalue weighted by Gasteiger charge is -2.11. The zero-order valence-electron chi connectivity index (χ0n) is 10.7. The number of aryl methyl sites for hydroxylation is 1. The third kappa shape index (κ3) is 3.95. The van der Waals surface area contributed by atoms with Crippen molar-refractivity contribution < 1.29 is 8.42 Å². The molecule has 2 rings (SSSR count). The van der Waals surface area contributed by atoms with Crippen LogP contribution >= 0.6 is 0 Å². The van der Waals surface area contributed by atoms with E-state index in [1.165, 1.54) is 0 Å². The highest BCUT2D eigenvalue weighted by Gasteiger charge is 2.07. The van der Waals surface area contributed by atoms with E-state index in [4.69, 9.17) is 0 Å². The highest BCUT2D eigenvalue weighted by atomic mass is 32.2. The smallest absolute Gasteiger partial charge is 0.229 e. The van der Waals surface area contributed by atoms with Gasteiger partial charge in [-0.1, -0.05) is 17.3 Å². The standard InChI is InChI=1S/C11H15N5O2S/c1-16-8-9(13-15-16)7-12-10-5-3-4-6-11(10)14-19(2,17)18/h3-6,8,12,14H,7H2,1-2H3. The average Bonchev–Trinajstić information content (AvgIpc) is 2.72. The summed E-state index contributed by atoms with van der Waals surface area (Å²) in [6.07, 6.45) is 2.91. The molecule has 0 atom stereocenters. The van der Waals surface area contributed by atoms with Crippen LogP contribution in [-0.2, 0) is 23.6 Å². The Bertz CT molecular complexity index is 665. The molecule has 7 nitrogen and oxygen atoms in total. The molecule has 0 bridgehead atoms. The summed E-state index contributed by atoms with van der Waals surface area (Å²) in [6.45, 7) is 0.469. The molecule has 2 aromatic rings. The number of hydrogen-bond acceptors (Lipinski definition) is 5. The van der Waals surface area contributed by atoms with Crippen LogP contribution in [0, 0.1) is 0 Å². The van der Waals surface area contributed by atoms with Crippen LogP contribution in [0.3, 0.4) is 0 Å². The van der Waals surface area contributed by atoms with Crippen LogP contribution in [0.2, 0.25) is 0 Å². The van der Waals surface area contributed by atoms with Gasteiger partial charge in [-0.2, -0.15) is 0 Å². The second-order valence-corrected chi connectivity index (χ2v) is 5.91. The SMILES string of the molecule is Cn1cc(CNc2ccccc2NS(C)(=O)=O)nn1. The summed E-state index contributed by atoms with van der Waals surface area (Å²) >= 11 is 0. The van der Waals surface area contributed by atoms with Crippen molar-refractivity contribution in [2.75, 3.05) is 16.3 Å². The normalized spacial score (nSPS) is 11.3. The fraction of sp³-hybridized carbons (Fsp3) is 0.273. The van der Waals surface area contributed by atoms with Crippen LogP contribution < -0.4 is 10.0 Å². The van der Waals surface area contributed by atoms with Gasteiger partial charge in [-0.05, 0) is 12.1 Å². The number of aromatic nitrogens is 3. The van der Waals surface area contributed by atoms with Gasteiger partial charge in [0.05, 0.1) is 24.2 Å². The highest BCUT2D eigenvalue weighted by Crippen LogP contribution is 2.22. The number of nitrogens with one attached hydrogen (secondary N) is 2. The quantitative estimate of drug-likeness (QED) is 0.846. The van der Waals surface area contributed by atoms with Gasteiger partial charge in [-0.25, -0.2) is 8.42 Å². The molecule has 0 saturated heterocycles. The molecule has 1 heterocycles. The number of anilines is 2. The maximum Gasteiger partial charge on any atom is 0.229 e. The lowest BCUT2D eigenvalue weighted by molar-refractivity contribution is 0.607. The van der Waals surface area contributed by atoms with Crippen LogP contribution in [0.1, 0.15) is 5.69 Å². The lowest BCUT2D eigenvalue weighted by Crippen LogP contribution is -2.12. The molecule has 19 heavy (non-hydrogen) atoms. The van der Waals surface area contributed by atoms with Crippen molar-refractivity contribution in [1.82, 2.24) is 15.0 Å². The molecule has 102 valence electrons. The summed E-state index contributed by atoms with van der Waals surface area (Å²) in [5.41, 5.74) is 1.98. The van der Waals surface area contributed by atoms with Crippen molar-refractivity contribution in [2.45, 2.75) is 6.54 Å². The Morgan fingerprint density at radius 3 is 2.53 bits per heavy atom. The van der Waals surface area contributed by atoms with Crippen molar-refractivity contribution in [3.63, 3.8) is 0 Å². The number of para-hydroxylation sites is 2. The second kappa shape index (κ2) is 5.27. The molecule has 0 unspecified atom stereocenters. The van der Waals surface area contributed by atoms with Gasteiger partial charge in [0.2, 0.25) is 10.0 Å². The topological polar surface area (TPSA) is 88.9 Å². The molecule has 0 aliphatic heterocycles. The number of nitrogens with zero attached hydrogens (tertiary/aromatic N) is 3. The Morgan fingerprint density at radius 1 is 1.26 bits per heavy atom. The lowest BCUT2D eigenvalue weighted by atomic mass is 10.2. The van der Waals surface area contributed by atoms with E-state index in [1.807, 2.05) is 6.07 Å². The van der Waals surface area contributed by atoms with Crippen LogP contribution in [0.4, 0.5) is 11.4 Å². The van der Waals surface area contributed by atoms with Gasteiger partial charge < -0.3 is 5.32 Å². The fourth-order valence-electron chi connectivity index (χ4n) is 1.59. The molecule has 0 aliphatic rings. The van der Waals surface area contributed by atoms with Crippen molar-refractivity contribution >= 4 is 21.4 Å². The van der Waals surface area contributed by atoms with E-state index in [9.17, 15) is 8.42 Å². The van der Waals surface area contributed by atoms with Crippen molar-refractivity contribution in [3.05, 3.63) is 36.2 Å². The summed E-state index contributed by atoms with van der Waals surface area (Å²) < 4.78 is 26.6. The minimum Gasteiger partial charge on any atom is -0.378 e. The molecule has 0 fully saturated rings. The van der Waals surface area contributed by atoms with E-state index in [0.717, 1.165) is 11.9 Å². The molecule has 0 saturated carbocycles. The van der Waals surface area contributed by atoms with Crippen molar-refractivity contribution in [1.29, 1.82) is 0 Å². The molecule has 0 amide bonds. The molecule has 0 spiro atoms. The van der Waals surface area contributed by atoms with Gasteiger partial charge in [0, 0.05) is 13.2 Å². The molecule has 8 heteroatoms. The van der Waals surface area contributed by atoms with Gasteiger partial charge >= 0.3 is 0 Å². The Labute approximate surface area is 111 Å². The summed E-state index contributed by atoms with van der Waals surface area (Å²) in [6, 6.07) is 7.08. The van der Waals surface area contributed by atoms with E-state index < -0.39 is 10.0 Å². The van der Waals surface area contributed by atoms with Gasteiger partial charge in [0.25, 0.3) is 0 Å². The highest BCUT2D eigenvalue weighted by molar-refractivity contribution is 7.92. The van der Waals surface area contributed by atoms with E-state index in [2.05, 4.69) is 20.4 Å². The maximum absolute atomic E-state index is 11.3. The van der Waals surface area contributed by atoms with E-state index in [1.54, 1.807) is 36.1 Å². The molecule has 0 aliphatic carbocycles. The van der Waals surface area contributed by atoms with E-state index in [-0.39, 0.29) is 0 Å². The number of hydrogen-bond donors (Lipinski definition) is 2.